The van der Waals surface area contributed by atoms with Crippen LogP contribution in [0, 0.1) is 0 Å². The van der Waals surface area contributed by atoms with Gasteiger partial charge in [-0.2, -0.15) is 0 Å². The Labute approximate surface area is 110 Å². The molecule has 2 heterocycles. The minimum atomic E-state index is 0.0943. The first-order valence-corrected chi connectivity index (χ1v) is 6.76. The number of hydrogen-bond acceptors (Lipinski definition) is 3. The van der Waals surface area contributed by atoms with Gasteiger partial charge in [-0.15, -0.1) is 11.3 Å². The highest BCUT2D eigenvalue weighted by molar-refractivity contribution is 7.15. The van der Waals surface area contributed by atoms with E-state index in [4.69, 9.17) is 5.73 Å². The van der Waals surface area contributed by atoms with E-state index in [9.17, 15) is 0 Å². The van der Waals surface area contributed by atoms with E-state index in [1.54, 1.807) is 11.3 Å². The Kier molecular flexibility index (Phi) is 2.86. The lowest BCUT2D eigenvalue weighted by molar-refractivity contribution is 0.838. The first kappa shape index (κ1) is 11.4. The molecule has 2 N–H and O–H groups in total. The molecular weight excluding hydrogens is 240 g/mol. The largest absolute Gasteiger partial charge is 0.324 e. The SMILES string of the molecule is CC(N)c1ccc(-c2cccc3ccncc23)s1. The second kappa shape index (κ2) is 4.52. The zero-order chi connectivity index (χ0) is 12.5. The van der Waals surface area contributed by atoms with Crippen molar-refractivity contribution in [1.82, 2.24) is 4.98 Å². The standard InChI is InChI=1S/C15H14N2S/c1-10(16)14-5-6-15(18-14)12-4-2-3-11-7-8-17-9-13(11)12/h2-10H,16H2,1H3. The Balaban J connectivity index is 2.18. The van der Waals surface area contributed by atoms with Crippen LogP contribution >= 0.6 is 11.3 Å². The number of rotatable bonds is 2. The van der Waals surface area contributed by atoms with Crippen LogP contribution in [0.25, 0.3) is 21.2 Å². The minimum Gasteiger partial charge on any atom is -0.324 e. The molecule has 1 aromatic carbocycles. The summed E-state index contributed by atoms with van der Waals surface area (Å²) >= 11 is 1.76. The highest BCUT2D eigenvalue weighted by Crippen LogP contribution is 2.34. The van der Waals surface area contributed by atoms with E-state index in [2.05, 4.69) is 35.3 Å². The molecule has 0 aliphatic rings. The molecule has 0 amide bonds. The average Bonchev–Trinajstić information content (AvgIpc) is 2.87. The van der Waals surface area contributed by atoms with Gasteiger partial charge in [-0.25, -0.2) is 0 Å². The van der Waals surface area contributed by atoms with Gasteiger partial charge in [-0.1, -0.05) is 18.2 Å². The summed E-state index contributed by atoms with van der Waals surface area (Å²) in [5.74, 6) is 0. The number of nitrogens with two attached hydrogens (primary N) is 1. The molecule has 0 fully saturated rings. The van der Waals surface area contributed by atoms with E-state index in [-0.39, 0.29) is 6.04 Å². The first-order valence-electron chi connectivity index (χ1n) is 5.94. The second-order valence-corrected chi connectivity index (χ2v) is 5.51. The first-order chi connectivity index (χ1) is 8.75. The quantitative estimate of drug-likeness (QED) is 0.751. The Hall–Kier alpha value is -1.71. The van der Waals surface area contributed by atoms with Crippen molar-refractivity contribution in [2.75, 3.05) is 0 Å². The molecule has 2 nitrogen and oxygen atoms in total. The molecule has 18 heavy (non-hydrogen) atoms. The predicted octanol–water partition coefficient (Wildman–Crippen LogP) is 3.98. The van der Waals surface area contributed by atoms with E-state index in [0.29, 0.717) is 0 Å². The summed E-state index contributed by atoms with van der Waals surface area (Å²) in [7, 11) is 0. The molecule has 0 aliphatic heterocycles. The van der Waals surface area contributed by atoms with Gasteiger partial charge in [-0.05, 0) is 30.5 Å². The zero-order valence-corrected chi connectivity index (χ0v) is 10.9. The fraction of sp³-hybridized carbons (Fsp3) is 0.133. The average molecular weight is 254 g/mol. The number of thiophene rings is 1. The maximum atomic E-state index is 5.92. The van der Waals surface area contributed by atoms with Crippen molar-refractivity contribution < 1.29 is 0 Å². The molecule has 1 atom stereocenters. The summed E-state index contributed by atoms with van der Waals surface area (Å²) in [4.78, 5) is 6.69. The molecule has 3 rings (SSSR count). The Morgan fingerprint density at radius 3 is 2.83 bits per heavy atom. The molecule has 1 unspecified atom stereocenters. The maximum absolute atomic E-state index is 5.92. The molecule has 3 heteroatoms. The second-order valence-electron chi connectivity index (χ2n) is 4.39. The lowest BCUT2D eigenvalue weighted by Gasteiger charge is -2.04. The van der Waals surface area contributed by atoms with Crippen molar-refractivity contribution >= 4 is 22.1 Å². The summed E-state index contributed by atoms with van der Waals surface area (Å²) in [6.07, 6.45) is 3.75. The number of nitrogens with zero attached hydrogens (tertiary/aromatic N) is 1. The van der Waals surface area contributed by atoms with Crippen LogP contribution in [0.15, 0.2) is 48.8 Å². The van der Waals surface area contributed by atoms with Crippen molar-refractivity contribution in [2.24, 2.45) is 5.73 Å². The lowest BCUT2D eigenvalue weighted by atomic mass is 10.1. The van der Waals surface area contributed by atoms with Crippen molar-refractivity contribution in [3.05, 3.63) is 53.7 Å². The molecule has 0 radical (unpaired) electrons. The summed E-state index contributed by atoms with van der Waals surface area (Å²) < 4.78 is 0. The summed E-state index contributed by atoms with van der Waals surface area (Å²) in [5.41, 5.74) is 7.15. The van der Waals surface area contributed by atoms with Gasteiger partial charge in [0.2, 0.25) is 0 Å². The molecule has 3 aromatic rings. The van der Waals surface area contributed by atoms with Gasteiger partial charge in [0.05, 0.1) is 0 Å². The van der Waals surface area contributed by atoms with E-state index in [1.165, 1.54) is 26.1 Å². The van der Waals surface area contributed by atoms with Crippen LogP contribution in [0.1, 0.15) is 17.8 Å². The number of pyridine rings is 1. The van der Waals surface area contributed by atoms with Crippen molar-refractivity contribution in [2.45, 2.75) is 13.0 Å². The highest BCUT2D eigenvalue weighted by atomic mass is 32.1. The maximum Gasteiger partial charge on any atom is 0.0361 e. The van der Waals surface area contributed by atoms with Gasteiger partial charge in [-0.3, -0.25) is 4.98 Å². The van der Waals surface area contributed by atoms with Crippen molar-refractivity contribution in [1.29, 1.82) is 0 Å². The van der Waals surface area contributed by atoms with Gasteiger partial charge < -0.3 is 5.73 Å². The van der Waals surface area contributed by atoms with Gasteiger partial charge in [0.1, 0.15) is 0 Å². The van der Waals surface area contributed by atoms with E-state index in [1.807, 2.05) is 25.4 Å². The third-order valence-electron chi connectivity index (χ3n) is 3.02. The number of aromatic nitrogens is 1. The van der Waals surface area contributed by atoms with Gasteiger partial charge in [0.15, 0.2) is 0 Å². The van der Waals surface area contributed by atoms with E-state index >= 15 is 0 Å². The Morgan fingerprint density at radius 1 is 1.17 bits per heavy atom. The molecule has 0 bridgehead atoms. The molecule has 0 spiro atoms. The smallest absolute Gasteiger partial charge is 0.0361 e. The Bertz CT molecular complexity index is 680. The number of benzene rings is 1. The predicted molar refractivity (Wildman–Crippen MR) is 77.7 cm³/mol. The summed E-state index contributed by atoms with van der Waals surface area (Å²) in [6, 6.07) is 12.7. The Morgan fingerprint density at radius 2 is 2.06 bits per heavy atom. The van der Waals surface area contributed by atoms with Crippen LogP contribution in [0.4, 0.5) is 0 Å². The third-order valence-corrected chi connectivity index (χ3v) is 4.34. The summed E-state index contributed by atoms with van der Waals surface area (Å²) in [6.45, 7) is 2.01. The van der Waals surface area contributed by atoms with Crippen LogP contribution in [0.2, 0.25) is 0 Å². The van der Waals surface area contributed by atoms with Crippen molar-refractivity contribution in [3.8, 4) is 10.4 Å². The monoisotopic (exact) mass is 254 g/mol. The van der Waals surface area contributed by atoms with Crippen LogP contribution < -0.4 is 5.73 Å². The topological polar surface area (TPSA) is 38.9 Å². The van der Waals surface area contributed by atoms with Gasteiger partial charge >= 0.3 is 0 Å². The normalized spacial score (nSPS) is 12.8. The van der Waals surface area contributed by atoms with E-state index in [0.717, 1.165) is 0 Å². The molecule has 0 saturated carbocycles. The van der Waals surface area contributed by atoms with Crippen LogP contribution in [0.3, 0.4) is 0 Å². The van der Waals surface area contributed by atoms with Crippen LogP contribution in [-0.2, 0) is 0 Å². The van der Waals surface area contributed by atoms with Crippen LogP contribution in [0.5, 0.6) is 0 Å². The van der Waals surface area contributed by atoms with Gasteiger partial charge in [0.25, 0.3) is 0 Å². The number of fused-ring (bicyclic) bond motifs is 1. The fourth-order valence-electron chi connectivity index (χ4n) is 2.07. The molecule has 0 saturated heterocycles. The molecule has 0 aliphatic carbocycles. The fourth-order valence-corrected chi connectivity index (χ4v) is 3.07. The minimum absolute atomic E-state index is 0.0943. The zero-order valence-electron chi connectivity index (χ0n) is 10.1. The highest BCUT2D eigenvalue weighted by Gasteiger charge is 2.08. The summed E-state index contributed by atoms with van der Waals surface area (Å²) in [5, 5.41) is 2.41. The third kappa shape index (κ3) is 1.92. The van der Waals surface area contributed by atoms with E-state index < -0.39 is 0 Å². The number of hydrogen-bond donors (Lipinski definition) is 1. The van der Waals surface area contributed by atoms with Crippen molar-refractivity contribution in [3.63, 3.8) is 0 Å². The van der Waals surface area contributed by atoms with Crippen LogP contribution in [-0.4, -0.2) is 4.98 Å². The lowest BCUT2D eigenvalue weighted by Crippen LogP contribution is -2.01. The molecule has 2 aromatic heterocycles. The van der Waals surface area contributed by atoms with Gasteiger partial charge in [0, 0.05) is 39.1 Å². The molecule has 90 valence electrons. The molecular formula is C15H14N2S.